The van der Waals surface area contributed by atoms with E-state index in [9.17, 15) is 9.59 Å². The van der Waals surface area contributed by atoms with E-state index in [1.54, 1.807) is 7.05 Å². The molecular formula is C24H33N5O2. The normalized spacial score (nSPS) is 17.5. The van der Waals surface area contributed by atoms with E-state index in [0.29, 0.717) is 30.3 Å². The summed E-state index contributed by atoms with van der Waals surface area (Å²) in [5.74, 6) is 0.856. The Kier molecular flexibility index (Phi) is 5.88. The number of hydrogen-bond acceptors (Lipinski definition) is 4. The molecule has 31 heavy (non-hydrogen) atoms. The highest BCUT2D eigenvalue weighted by molar-refractivity contribution is 5.71. The van der Waals surface area contributed by atoms with Crippen molar-refractivity contribution in [2.45, 2.75) is 65.6 Å². The third-order valence-corrected chi connectivity index (χ3v) is 6.82. The Balaban J connectivity index is 1.90. The van der Waals surface area contributed by atoms with Gasteiger partial charge in [0.1, 0.15) is 5.82 Å². The van der Waals surface area contributed by atoms with Crippen LogP contribution < -0.4 is 11.2 Å². The maximum absolute atomic E-state index is 13.2. The van der Waals surface area contributed by atoms with Gasteiger partial charge in [0.05, 0.1) is 6.54 Å². The SMILES string of the molecule is CC[C@H]1CCCCN1Cc1nc2c(c(=O)n(C)c(=O)n2C)n1Cc1cc(C)ccc1C. The van der Waals surface area contributed by atoms with Gasteiger partial charge in [-0.05, 0) is 50.8 Å². The highest BCUT2D eigenvalue weighted by Gasteiger charge is 2.25. The van der Waals surface area contributed by atoms with Gasteiger partial charge in [-0.3, -0.25) is 18.8 Å². The molecule has 3 heterocycles. The van der Waals surface area contributed by atoms with Crippen molar-refractivity contribution in [1.29, 1.82) is 0 Å². The second-order valence-corrected chi connectivity index (χ2v) is 8.95. The number of benzene rings is 1. The summed E-state index contributed by atoms with van der Waals surface area (Å²) in [6, 6.07) is 6.94. The number of rotatable bonds is 5. The van der Waals surface area contributed by atoms with Crippen LogP contribution in [0.2, 0.25) is 0 Å². The molecule has 0 spiro atoms. The predicted molar refractivity (Wildman–Crippen MR) is 124 cm³/mol. The Morgan fingerprint density at radius 3 is 2.58 bits per heavy atom. The lowest BCUT2D eigenvalue weighted by atomic mass is 10.00. The van der Waals surface area contributed by atoms with Crippen molar-refractivity contribution in [3.05, 3.63) is 61.6 Å². The maximum Gasteiger partial charge on any atom is 0.332 e. The molecule has 1 aliphatic heterocycles. The van der Waals surface area contributed by atoms with Gasteiger partial charge in [0.2, 0.25) is 0 Å². The Morgan fingerprint density at radius 2 is 1.84 bits per heavy atom. The molecule has 1 fully saturated rings. The zero-order valence-electron chi connectivity index (χ0n) is 19.3. The molecule has 0 N–H and O–H groups in total. The summed E-state index contributed by atoms with van der Waals surface area (Å²) in [6.07, 6.45) is 4.77. The van der Waals surface area contributed by atoms with Crippen LogP contribution in [0.5, 0.6) is 0 Å². The average molecular weight is 424 g/mol. The first kappa shape index (κ1) is 21.6. The standard InChI is InChI=1S/C24H33N5O2/c1-6-19-9-7-8-12-28(19)15-20-25-22-21(23(30)27(5)24(31)26(22)4)29(20)14-18-13-16(2)10-11-17(18)3/h10-11,13,19H,6-9,12,14-15H2,1-5H3/t19-/m0/s1. The van der Waals surface area contributed by atoms with Crippen molar-refractivity contribution in [3.63, 3.8) is 0 Å². The van der Waals surface area contributed by atoms with Crippen LogP contribution in [0.1, 0.15) is 55.1 Å². The monoisotopic (exact) mass is 423 g/mol. The van der Waals surface area contributed by atoms with Crippen molar-refractivity contribution in [2.24, 2.45) is 14.1 Å². The largest absolute Gasteiger partial charge is 0.332 e. The van der Waals surface area contributed by atoms with Crippen molar-refractivity contribution >= 4 is 11.2 Å². The fraction of sp³-hybridized carbons (Fsp3) is 0.542. The number of aromatic nitrogens is 4. The van der Waals surface area contributed by atoms with Crippen LogP contribution in [0, 0.1) is 13.8 Å². The number of hydrogen-bond donors (Lipinski definition) is 0. The Morgan fingerprint density at radius 1 is 1.06 bits per heavy atom. The fourth-order valence-corrected chi connectivity index (χ4v) is 4.84. The molecule has 1 saturated heterocycles. The third-order valence-electron chi connectivity index (χ3n) is 6.82. The van der Waals surface area contributed by atoms with Gasteiger partial charge in [-0.25, -0.2) is 9.78 Å². The third kappa shape index (κ3) is 3.87. The van der Waals surface area contributed by atoms with Crippen LogP contribution in [0.15, 0.2) is 27.8 Å². The number of aryl methyl sites for hydroxylation is 3. The van der Waals surface area contributed by atoms with Gasteiger partial charge in [-0.1, -0.05) is 37.1 Å². The minimum Gasteiger partial charge on any atom is -0.317 e. The molecule has 7 heteroatoms. The van der Waals surface area contributed by atoms with E-state index in [1.807, 2.05) is 4.57 Å². The van der Waals surface area contributed by atoms with Gasteiger partial charge in [0, 0.05) is 26.7 Å². The highest BCUT2D eigenvalue weighted by Crippen LogP contribution is 2.24. The summed E-state index contributed by atoms with van der Waals surface area (Å²) in [5, 5.41) is 0. The van der Waals surface area contributed by atoms with Gasteiger partial charge in [0.15, 0.2) is 11.2 Å². The summed E-state index contributed by atoms with van der Waals surface area (Å²) < 4.78 is 4.72. The van der Waals surface area contributed by atoms with Gasteiger partial charge in [-0.2, -0.15) is 0 Å². The summed E-state index contributed by atoms with van der Waals surface area (Å²) in [6.45, 7) is 8.72. The van der Waals surface area contributed by atoms with Gasteiger partial charge in [0.25, 0.3) is 5.56 Å². The highest BCUT2D eigenvalue weighted by atomic mass is 16.2. The number of likely N-dealkylation sites (tertiary alicyclic amines) is 1. The zero-order chi connectivity index (χ0) is 22.3. The first-order chi connectivity index (χ1) is 14.8. The fourth-order valence-electron chi connectivity index (χ4n) is 4.84. The first-order valence-corrected chi connectivity index (χ1v) is 11.3. The minimum atomic E-state index is -0.343. The van der Waals surface area contributed by atoms with Gasteiger partial charge >= 0.3 is 5.69 Å². The summed E-state index contributed by atoms with van der Waals surface area (Å²) >= 11 is 0. The molecule has 7 nitrogen and oxygen atoms in total. The summed E-state index contributed by atoms with van der Waals surface area (Å²) in [5.41, 5.74) is 3.89. The lowest BCUT2D eigenvalue weighted by Gasteiger charge is -2.34. The maximum atomic E-state index is 13.2. The molecule has 0 radical (unpaired) electrons. The van der Waals surface area contributed by atoms with Crippen LogP contribution in [-0.2, 0) is 27.2 Å². The predicted octanol–water partition coefficient (Wildman–Crippen LogP) is 2.86. The van der Waals surface area contributed by atoms with Crippen molar-refractivity contribution in [2.75, 3.05) is 6.54 Å². The van der Waals surface area contributed by atoms with E-state index >= 15 is 0 Å². The molecule has 1 aliphatic rings. The van der Waals surface area contributed by atoms with Crippen molar-refractivity contribution < 1.29 is 0 Å². The first-order valence-electron chi connectivity index (χ1n) is 11.3. The molecule has 0 bridgehead atoms. The number of nitrogens with zero attached hydrogens (tertiary/aromatic N) is 5. The van der Waals surface area contributed by atoms with Crippen LogP contribution in [0.4, 0.5) is 0 Å². The molecule has 1 atom stereocenters. The van der Waals surface area contributed by atoms with E-state index in [2.05, 4.69) is 43.9 Å². The van der Waals surface area contributed by atoms with E-state index < -0.39 is 0 Å². The average Bonchev–Trinajstić information content (AvgIpc) is 3.11. The Hall–Kier alpha value is -2.67. The molecule has 0 amide bonds. The van der Waals surface area contributed by atoms with E-state index in [0.717, 1.165) is 18.8 Å². The molecule has 4 rings (SSSR count). The summed E-state index contributed by atoms with van der Waals surface area (Å²) in [7, 11) is 3.23. The molecule has 0 aliphatic carbocycles. The topological polar surface area (TPSA) is 65.1 Å². The Labute approximate surface area is 182 Å². The van der Waals surface area contributed by atoms with Gasteiger partial charge in [-0.15, -0.1) is 0 Å². The lowest BCUT2D eigenvalue weighted by Crippen LogP contribution is -2.39. The number of piperidine rings is 1. The zero-order valence-corrected chi connectivity index (χ0v) is 19.3. The molecule has 166 valence electrons. The second kappa shape index (κ2) is 8.46. The second-order valence-electron chi connectivity index (χ2n) is 8.95. The molecular weight excluding hydrogens is 390 g/mol. The quantitative estimate of drug-likeness (QED) is 0.633. The molecule has 0 unspecified atom stereocenters. The van der Waals surface area contributed by atoms with Crippen LogP contribution in [0.25, 0.3) is 11.2 Å². The van der Waals surface area contributed by atoms with Crippen LogP contribution in [0.3, 0.4) is 0 Å². The summed E-state index contributed by atoms with van der Waals surface area (Å²) in [4.78, 5) is 33.1. The number of imidazole rings is 1. The van der Waals surface area contributed by atoms with Crippen molar-refractivity contribution in [1.82, 2.24) is 23.6 Å². The molecule has 0 saturated carbocycles. The molecule has 3 aromatic rings. The van der Waals surface area contributed by atoms with E-state index in [-0.39, 0.29) is 11.2 Å². The van der Waals surface area contributed by atoms with E-state index in [4.69, 9.17) is 4.98 Å². The Bertz CT molecular complexity index is 1230. The molecule has 2 aromatic heterocycles. The van der Waals surface area contributed by atoms with Crippen LogP contribution >= 0.6 is 0 Å². The van der Waals surface area contributed by atoms with Crippen molar-refractivity contribution in [3.8, 4) is 0 Å². The minimum absolute atomic E-state index is 0.284. The lowest BCUT2D eigenvalue weighted by molar-refractivity contribution is 0.131. The smallest absolute Gasteiger partial charge is 0.317 e. The van der Waals surface area contributed by atoms with E-state index in [1.165, 1.54) is 52.1 Å². The number of fused-ring (bicyclic) bond motifs is 1. The van der Waals surface area contributed by atoms with Gasteiger partial charge < -0.3 is 4.57 Å². The molecule has 1 aromatic carbocycles. The van der Waals surface area contributed by atoms with Crippen LogP contribution in [-0.4, -0.2) is 36.2 Å².